The van der Waals surface area contributed by atoms with E-state index in [2.05, 4.69) is 6.92 Å². The molecule has 2 aromatic rings. The third-order valence-electron chi connectivity index (χ3n) is 9.02. The van der Waals surface area contributed by atoms with Crippen LogP contribution in [0.1, 0.15) is 114 Å². The number of thioether (sulfide) groups is 1. The van der Waals surface area contributed by atoms with E-state index in [4.69, 9.17) is 0 Å². The highest BCUT2D eigenvalue weighted by molar-refractivity contribution is 7.99. The summed E-state index contributed by atoms with van der Waals surface area (Å²) in [5.74, 6) is -4.85. The van der Waals surface area contributed by atoms with Gasteiger partial charge in [0.15, 0.2) is 0 Å². The minimum absolute atomic E-state index is 0.0225. The number of aromatic hydroxyl groups is 2. The molecule has 246 valence electrons. The predicted molar refractivity (Wildman–Crippen MR) is 164 cm³/mol. The largest absolute Gasteiger partial charge is 0.508 e. The van der Waals surface area contributed by atoms with Crippen LogP contribution in [-0.2, 0) is 10.2 Å². The van der Waals surface area contributed by atoms with Gasteiger partial charge in [0, 0.05) is 22.5 Å². The number of alkyl halides is 5. The molecule has 3 rings (SSSR count). The summed E-state index contributed by atoms with van der Waals surface area (Å²) < 4.78 is 63.1. The number of fused-ring (bicyclic) bond motifs is 1. The third-order valence-corrected chi connectivity index (χ3v) is 10.3. The summed E-state index contributed by atoms with van der Waals surface area (Å²) in [7, 11) is 0. The maximum atomic E-state index is 13.1. The molecule has 1 aliphatic heterocycles. The molecule has 1 heterocycles. The zero-order chi connectivity index (χ0) is 32.4. The fourth-order valence-corrected chi connectivity index (χ4v) is 8.11. The van der Waals surface area contributed by atoms with Gasteiger partial charge in [-0.3, -0.25) is 4.79 Å². The molecule has 0 bridgehead atoms. The van der Waals surface area contributed by atoms with Gasteiger partial charge in [-0.2, -0.15) is 22.0 Å². The van der Waals surface area contributed by atoms with Gasteiger partial charge in [0.2, 0.25) is 0 Å². The Bertz CT molecular complexity index is 1190. The van der Waals surface area contributed by atoms with E-state index in [9.17, 15) is 42.1 Å². The number of rotatable bonds is 18. The van der Waals surface area contributed by atoms with Crippen molar-refractivity contribution in [3.05, 3.63) is 53.6 Å². The molecular formula is C34H45F5O4S. The maximum Gasteiger partial charge on any atom is 0.453 e. The van der Waals surface area contributed by atoms with Crippen LogP contribution in [-0.4, -0.2) is 39.1 Å². The molecule has 0 saturated carbocycles. The van der Waals surface area contributed by atoms with Crippen molar-refractivity contribution in [2.45, 2.75) is 125 Å². The van der Waals surface area contributed by atoms with Crippen LogP contribution in [0.3, 0.4) is 0 Å². The molecule has 3 N–H and O–H groups in total. The molecule has 0 saturated heterocycles. The van der Waals surface area contributed by atoms with Crippen LogP contribution in [0.5, 0.6) is 11.5 Å². The van der Waals surface area contributed by atoms with E-state index in [-0.39, 0.29) is 42.1 Å². The lowest BCUT2D eigenvalue weighted by molar-refractivity contribution is -0.284. The average Bonchev–Trinajstić information content (AvgIpc) is 2.95. The van der Waals surface area contributed by atoms with Crippen molar-refractivity contribution in [3.63, 3.8) is 0 Å². The molecule has 3 atom stereocenters. The van der Waals surface area contributed by atoms with Crippen molar-refractivity contribution in [1.82, 2.24) is 0 Å². The molecule has 4 nitrogen and oxygen atoms in total. The molecule has 0 radical (unpaired) electrons. The Balaban J connectivity index is 1.48. The second kappa shape index (κ2) is 16.2. The fraction of sp³-hybridized carbons (Fsp3) is 0.618. The predicted octanol–water partition coefficient (Wildman–Crippen LogP) is 10.6. The first-order valence-electron chi connectivity index (χ1n) is 15.7. The lowest BCUT2D eigenvalue weighted by Crippen LogP contribution is -2.39. The summed E-state index contributed by atoms with van der Waals surface area (Å²) in [5, 5.41) is 29.5. The molecule has 0 fully saturated rings. The van der Waals surface area contributed by atoms with Crippen LogP contribution < -0.4 is 0 Å². The molecule has 0 spiro atoms. The number of phenols is 2. The first-order valence-corrected chi connectivity index (χ1v) is 16.7. The van der Waals surface area contributed by atoms with Crippen LogP contribution in [0.15, 0.2) is 47.4 Å². The van der Waals surface area contributed by atoms with Gasteiger partial charge >= 0.3 is 18.1 Å². The third kappa shape index (κ3) is 9.51. The highest BCUT2D eigenvalue weighted by atomic mass is 32.2. The van der Waals surface area contributed by atoms with Crippen molar-refractivity contribution >= 4 is 17.7 Å². The SMILES string of the molecule is CCCC1(c2ccc(O)cc2)CSc2cc(O)ccc2C1CCCCCCCCC(CCCCC(F)(F)C(F)(F)F)C(=O)O. The Morgan fingerprint density at radius 2 is 1.48 bits per heavy atom. The second-order valence-corrected chi connectivity index (χ2v) is 13.2. The van der Waals surface area contributed by atoms with E-state index in [0.717, 1.165) is 62.0 Å². The number of carboxylic acids is 1. The number of aliphatic carboxylic acids is 1. The molecule has 1 aliphatic rings. The topological polar surface area (TPSA) is 77.8 Å². The molecular weight excluding hydrogens is 599 g/mol. The standard InChI is InChI=1S/C34H45F5O4S/c1-2-20-32(25-14-16-26(40)17-15-25)23-44-30-22-27(41)18-19-28(30)29(32)13-8-6-4-3-5-7-11-24(31(42)43)12-9-10-21-33(35,36)34(37,38)39/h14-19,22,24,29,40-41H,2-13,20-21,23H2,1H3,(H,42,43). The summed E-state index contributed by atoms with van der Waals surface area (Å²) in [6.07, 6.45) is 1.73. The maximum absolute atomic E-state index is 13.1. The normalized spacial score (nSPS) is 19.5. The smallest absolute Gasteiger partial charge is 0.453 e. The van der Waals surface area contributed by atoms with Gasteiger partial charge in [-0.15, -0.1) is 11.8 Å². The Morgan fingerprint density at radius 3 is 2.09 bits per heavy atom. The van der Waals surface area contributed by atoms with Gasteiger partial charge in [0.1, 0.15) is 11.5 Å². The van der Waals surface area contributed by atoms with Crippen LogP contribution in [0.2, 0.25) is 0 Å². The summed E-state index contributed by atoms with van der Waals surface area (Å²) >= 11 is 1.77. The van der Waals surface area contributed by atoms with E-state index in [1.54, 1.807) is 30.0 Å². The second-order valence-electron chi connectivity index (χ2n) is 12.2. The first kappa shape index (κ1) is 36.0. The number of phenolic OH excluding ortho intramolecular Hbond substituents is 2. The summed E-state index contributed by atoms with van der Waals surface area (Å²) in [4.78, 5) is 12.7. The van der Waals surface area contributed by atoms with Gasteiger partial charge in [-0.25, -0.2) is 0 Å². The zero-order valence-corrected chi connectivity index (χ0v) is 26.2. The van der Waals surface area contributed by atoms with E-state index >= 15 is 0 Å². The fourth-order valence-electron chi connectivity index (χ4n) is 6.60. The van der Waals surface area contributed by atoms with E-state index in [1.807, 2.05) is 24.3 Å². The van der Waals surface area contributed by atoms with Gasteiger partial charge in [-0.05, 0) is 73.4 Å². The molecule has 10 heteroatoms. The van der Waals surface area contributed by atoms with Crippen molar-refractivity contribution in [1.29, 1.82) is 0 Å². The lowest BCUT2D eigenvalue weighted by atomic mass is 9.64. The van der Waals surface area contributed by atoms with Crippen molar-refractivity contribution in [3.8, 4) is 11.5 Å². The number of carboxylic acid groups (broad SMARTS) is 1. The quantitative estimate of drug-likeness (QED) is 0.111. The number of benzene rings is 2. The minimum Gasteiger partial charge on any atom is -0.508 e. The van der Waals surface area contributed by atoms with Crippen LogP contribution in [0.4, 0.5) is 22.0 Å². The monoisotopic (exact) mass is 644 g/mol. The number of hydrogen-bond acceptors (Lipinski definition) is 4. The molecule has 2 aromatic carbocycles. The Labute approximate surface area is 261 Å². The summed E-state index contributed by atoms with van der Waals surface area (Å²) in [6.45, 7) is 2.19. The Kier molecular flexibility index (Phi) is 13.2. The molecule has 3 unspecified atom stereocenters. The van der Waals surface area contributed by atoms with Gasteiger partial charge < -0.3 is 15.3 Å². The van der Waals surface area contributed by atoms with Crippen LogP contribution in [0, 0.1) is 5.92 Å². The number of hydrogen-bond donors (Lipinski definition) is 3. The van der Waals surface area contributed by atoms with Crippen molar-refractivity contribution in [2.75, 3.05) is 5.75 Å². The van der Waals surface area contributed by atoms with Crippen LogP contribution >= 0.6 is 11.8 Å². The average molecular weight is 645 g/mol. The lowest BCUT2D eigenvalue weighted by Gasteiger charge is -2.46. The summed E-state index contributed by atoms with van der Waals surface area (Å²) in [5.41, 5.74) is 2.38. The van der Waals surface area contributed by atoms with E-state index in [0.29, 0.717) is 12.8 Å². The molecule has 44 heavy (non-hydrogen) atoms. The van der Waals surface area contributed by atoms with Crippen molar-refractivity contribution < 1.29 is 42.1 Å². The highest BCUT2D eigenvalue weighted by Gasteiger charge is 2.56. The van der Waals surface area contributed by atoms with Crippen molar-refractivity contribution in [2.24, 2.45) is 5.92 Å². The molecule has 0 aliphatic carbocycles. The van der Waals surface area contributed by atoms with E-state index < -0.39 is 30.4 Å². The number of carbonyl (C=O) groups is 1. The molecule has 0 amide bonds. The van der Waals surface area contributed by atoms with E-state index in [1.165, 1.54) is 11.1 Å². The number of unbranched alkanes of at least 4 members (excludes halogenated alkanes) is 6. The molecule has 0 aromatic heterocycles. The zero-order valence-electron chi connectivity index (χ0n) is 25.4. The van der Waals surface area contributed by atoms with Gasteiger partial charge in [0.05, 0.1) is 5.92 Å². The van der Waals surface area contributed by atoms with Gasteiger partial charge in [-0.1, -0.05) is 76.5 Å². The van der Waals surface area contributed by atoms with Crippen LogP contribution in [0.25, 0.3) is 0 Å². The first-order chi connectivity index (χ1) is 20.8. The Morgan fingerprint density at radius 1 is 0.886 bits per heavy atom. The van der Waals surface area contributed by atoms with Gasteiger partial charge in [0.25, 0.3) is 0 Å². The number of halogens is 5. The summed E-state index contributed by atoms with van der Waals surface area (Å²) in [6, 6.07) is 13.2. The minimum atomic E-state index is -5.57. The highest BCUT2D eigenvalue weighted by Crippen LogP contribution is 2.55. The Hall–Kier alpha value is -2.49.